The Hall–Kier alpha value is -3.74. The standard InChI is InChI=1S/C25H25F3N4O3/c1-35-19-6-3-16(4-7-19)23(34)32-15-24(13-21(32)22(30)33)8-10-31(11-9-24)18-5-2-17(14-29)20(12-18)25(26,27)28/h2-7,12,21H,8-11,13,15H2,1H3,(H2,30,33). The van der Waals surface area contributed by atoms with Crippen molar-refractivity contribution in [2.24, 2.45) is 11.1 Å². The monoisotopic (exact) mass is 486 g/mol. The number of nitrogens with two attached hydrogens (primary N) is 1. The fourth-order valence-corrected chi connectivity index (χ4v) is 5.09. The predicted molar refractivity (Wildman–Crippen MR) is 122 cm³/mol. The molecular formula is C25H25F3N4O3. The molecule has 1 unspecified atom stereocenters. The number of carbonyl (C=O) groups is 2. The number of likely N-dealkylation sites (tertiary alicyclic amines) is 1. The van der Waals surface area contributed by atoms with Gasteiger partial charge in [0.25, 0.3) is 5.91 Å². The van der Waals surface area contributed by atoms with E-state index in [0.29, 0.717) is 55.9 Å². The Morgan fingerprint density at radius 3 is 2.34 bits per heavy atom. The minimum atomic E-state index is -4.62. The van der Waals surface area contributed by atoms with Crippen molar-refractivity contribution in [3.63, 3.8) is 0 Å². The first-order valence-corrected chi connectivity index (χ1v) is 11.2. The number of nitriles is 1. The molecule has 0 radical (unpaired) electrons. The van der Waals surface area contributed by atoms with Gasteiger partial charge >= 0.3 is 6.18 Å². The molecule has 2 fully saturated rings. The Morgan fingerprint density at radius 2 is 1.80 bits per heavy atom. The van der Waals surface area contributed by atoms with Crippen LogP contribution in [0.5, 0.6) is 5.75 Å². The van der Waals surface area contributed by atoms with Gasteiger partial charge in [-0.25, -0.2) is 0 Å². The number of amides is 2. The zero-order chi connectivity index (χ0) is 25.4. The smallest absolute Gasteiger partial charge is 0.417 e. The van der Waals surface area contributed by atoms with E-state index >= 15 is 0 Å². The second kappa shape index (κ2) is 9.13. The minimum absolute atomic E-state index is 0.294. The Kier molecular flexibility index (Phi) is 6.36. The summed E-state index contributed by atoms with van der Waals surface area (Å²) in [7, 11) is 1.53. The molecule has 35 heavy (non-hydrogen) atoms. The first kappa shape index (κ1) is 24.4. The molecule has 2 aromatic rings. The summed E-state index contributed by atoms with van der Waals surface area (Å²) in [5.74, 6) is -0.263. The second-order valence-electron chi connectivity index (χ2n) is 9.11. The van der Waals surface area contributed by atoms with Crippen molar-refractivity contribution in [2.45, 2.75) is 31.5 Å². The highest BCUT2D eigenvalue weighted by molar-refractivity contribution is 5.98. The largest absolute Gasteiger partial charge is 0.497 e. The zero-order valence-corrected chi connectivity index (χ0v) is 19.1. The number of rotatable bonds is 4. The maximum absolute atomic E-state index is 13.4. The maximum Gasteiger partial charge on any atom is 0.417 e. The highest BCUT2D eigenvalue weighted by Gasteiger charge is 2.49. The summed E-state index contributed by atoms with van der Waals surface area (Å²) in [6.45, 7) is 1.26. The molecule has 2 aromatic carbocycles. The van der Waals surface area contributed by atoms with Crippen LogP contribution in [0.15, 0.2) is 42.5 Å². The molecule has 1 atom stereocenters. The number of benzene rings is 2. The zero-order valence-electron chi connectivity index (χ0n) is 19.1. The quantitative estimate of drug-likeness (QED) is 0.712. The van der Waals surface area contributed by atoms with E-state index in [9.17, 15) is 22.8 Å². The normalized spacial score (nSPS) is 19.5. The summed E-state index contributed by atoms with van der Waals surface area (Å²) < 4.78 is 45.3. The van der Waals surface area contributed by atoms with Crippen molar-refractivity contribution in [2.75, 3.05) is 31.6 Å². The van der Waals surface area contributed by atoms with Gasteiger partial charge in [-0.3, -0.25) is 9.59 Å². The van der Waals surface area contributed by atoms with E-state index in [4.69, 9.17) is 15.7 Å². The molecule has 0 aliphatic carbocycles. The Labute approximate surface area is 200 Å². The molecule has 0 saturated carbocycles. The van der Waals surface area contributed by atoms with Crippen LogP contribution in [0.3, 0.4) is 0 Å². The summed E-state index contributed by atoms with van der Waals surface area (Å²) in [4.78, 5) is 28.8. The number of primary amides is 1. The lowest BCUT2D eigenvalue weighted by atomic mass is 9.76. The van der Waals surface area contributed by atoms with Gasteiger partial charge in [0.1, 0.15) is 11.8 Å². The number of halogens is 3. The van der Waals surface area contributed by atoms with Crippen molar-refractivity contribution in [3.05, 3.63) is 59.2 Å². The van der Waals surface area contributed by atoms with Gasteiger partial charge in [-0.1, -0.05) is 0 Å². The van der Waals surface area contributed by atoms with Gasteiger partial charge in [0.2, 0.25) is 5.91 Å². The molecule has 184 valence electrons. The van der Waals surface area contributed by atoms with Gasteiger partial charge in [-0.05, 0) is 67.1 Å². The van der Waals surface area contributed by atoms with E-state index in [1.54, 1.807) is 30.3 Å². The van der Waals surface area contributed by atoms with Crippen LogP contribution in [0, 0.1) is 16.7 Å². The number of methoxy groups -OCH3 is 1. The van der Waals surface area contributed by atoms with Crippen molar-refractivity contribution in [1.29, 1.82) is 5.26 Å². The molecule has 1 spiro atoms. The van der Waals surface area contributed by atoms with E-state index in [2.05, 4.69) is 0 Å². The maximum atomic E-state index is 13.4. The van der Waals surface area contributed by atoms with Crippen LogP contribution in [-0.4, -0.2) is 49.5 Å². The summed E-state index contributed by atoms with van der Waals surface area (Å²) >= 11 is 0. The van der Waals surface area contributed by atoms with Gasteiger partial charge in [0.05, 0.1) is 24.3 Å². The van der Waals surface area contributed by atoms with Crippen molar-refractivity contribution in [3.8, 4) is 11.8 Å². The van der Waals surface area contributed by atoms with E-state index in [-0.39, 0.29) is 11.3 Å². The fourth-order valence-electron chi connectivity index (χ4n) is 5.09. The number of ether oxygens (including phenoxy) is 1. The van der Waals surface area contributed by atoms with Gasteiger partial charge in [-0.2, -0.15) is 18.4 Å². The number of piperidine rings is 1. The third-order valence-electron chi connectivity index (χ3n) is 7.05. The molecule has 2 amide bonds. The lowest BCUT2D eigenvalue weighted by molar-refractivity contribution is -0.137. The Bertz CT molecular complexity index is 1170. The van der Waals surface area contributed by atoms with Crippen LogP contribution in [0.2, 0.25) is 0 Å². The molecule has 2 saturated heterocycles. The molecule has 0 bridgehead atoms. The van der Waals surface area contributed by atoms with Crippen LogP contribution in [0.25, 0.3) is 0 Å². The Morgan fingerprint density at radius 1 is 1.14 bits per heavy atom. The van der Waals surface area contributed by atoms with Gasteiger partial charge in [-0.15, -0.1) is 0 Å². The van der Waals surface area contributed by atoms with Gasteiger partial charge in [0, 0.05) is 30.9 Å². The van der Waals surface area contributed by atoms with Crippen LogP contribution in [0.4, 0.5) is 18.9 Å². The van der Waals surface area contributed by atoms with E-state index < -0.39 is 29.3 Å². The fraction of sp³-hybridized carbons (Fsp3) is 0.400. The average molecular weight is 486 g/mol. The second-order valence-corrected chi connectivity index (χ2v) is 9.11. The van der Waals surface area contributed by atoms with Crippen molar-refractivity contribution in [1.82, 2.24) is 4.90 Å². The van der Waals surface area contributed by atoms with Gasteiger partial charge < -0.3 is 20.3 Å². The van der Waals surface area contributed by atoms with Crippen LogP contribution >= 0.6 is 0 Å². The van der Waals surface area contributed by atoms with E-state index in [1.165, 1.54) is 24.1 Å². The van der Waals surface area contributed by atoms with Crippen molar-refractivity contribution < 1.29 is 27.5 Å². The Balaban J connectivity index is 1.51. The first-order valence-electron chi connectivity index (χ1n) is 11.2. The summed E-state index contributed by atoms with van der Waals surface area (Å²) in [5.41, 5.74) is 4.74. The average Bonchev–Trinajstić information content (AvgIpc) is 3.22. The summed E-state index contributed by atoms with van der Waals surface area (Å²) in [6, 6.07) is 11.2. The number of carbonyl (C=O) groups excluding carboxylic acids is 2. The molecular weight excluding hydrogens is 461 g/mol. The lowest BCUT2D eigenvalue weighted by Crippen LogP contribution is -2.44. The molecule has 10 heteroatoms. The van der Waals surface area contributed by atoms with Crippen molar-refractivity contribution >= 4 is 17.5 Å². The topological polar surface area (TPSA) is 99.7 Å². The van der Waals surface area contributed by atoms with Gasteiger partial charge in [0.15, 0.2) is 0 Å². The molecule has 7 nitrogen and oxygen atoms in total. The number of alkyl halides is 3. The van der Waals surface area contributed by atoms with E-state index in [1.807, 2.05) is 4.90 Å². The molecule has 2 aliphatic rings. The third kappa shape index (κ3) is 4.76. The highest BCUT2D eigenvalue weighted by atomic mass is 19.4. The molecule has 4 rings (SSSR count). The highest BCUT2D eigenvalue weighted by Crippen LogP contribution is 2.45. The minimum Gasteiger partial charge on any atom is -0.497 e. The van der Waals surface area contributed by atoms with E-state index in [0.717, 1.165) is 6.07 Å². The predicted octanol–water partition coefficient (Wildman–Crippen LogP) is 3.57. The van der Waals surface area contributed by atoms with Crippen LogP contribution < -0.4 is 15.4 Å². The number of anilines is 1. The van der Waals surface area contributed by atoms with Crippen LogP contribution in [0.1, 0.15) is 40.7 Å². The number of nitrogens with zero attached hydrogens (tertiary/aromatic N) is 3. The molecule has 0 aromatic heterocycles. The molecule has 2 N–H and O–H groups in total. The molecule has 2 aliphatic heterocycles. The lowest BCUT2D eigenvalue weighted by Gasteiger charge is -2.40. The number of hydrogen-bond donors (Lipinski definition) is 1. The SMILES string of the molecule is COc1ccc(C(=O)N2CC3(CCN(c4ccc(C#N)c(C(F)(F)F)c4)CC3)CC2C(N)=O)cc1. The third-order valence-corrected chi connectivity index (χ3v) is 7.05. The number of hydrogen-bond acceptors (Lipinski definition) is 5. The summed E-state index contributed by atoms with van der Waals surface area (Å²) in [6.07, 6.45) is -3.03. The van der Waals surface area contributed by atoms with Crippen LogP contribution in [-0.2, 0) is 11.0 Å². The molecule has 2 heterocycles. The first-order chi connectivity index (χ1) is 16.6. The summed E-state index contributed by atoms with van der Waals surface area (Å²) in [5, 5.41) is 9.03.